The predicted molar refractivity (Wildman–Crippen MR) is 125 cm³/mol. The Hall–Kier alpha value is -3.80. The Balaban J connectivity index is 1.45. The smallest absolute Gasteiger partial charge is 0.135 e. The van der Waals surface area contributed by atoms with Crippen molar-refractivity contribution in [1.29, 1.82) is 0 Å². The largest absolute Gasteiger partial charge is 0.368 e. The molecular weight excluding hydrogens is 372 g/mol. The average Bonchev–Trinajstić information content (AvgIpc) is 2.78. The van der Waals surface area contributed by atoms with Gasteiger partial charge in [0.1, 0.15) is 11.6 Å². The van der Waals surface area contributed by atoms with Gasteiger partial charge in [0.25, 0.3) is 0 Å². The number of pyridine rings is 2. The van der Waals surface area contributed by atoms with Crippen molar-refractivity contribution in [3.05, 3.63) is 71.8 Å². The number of para-hydroxylation sites is 2. The molecular formula is C24H22N6. The molecule has 2 aromatic heterocycles. The Morgan fingerprint density at radius 2 is 1.07 bits per heavy atom. The van der Waals surface area contributed by atoms with Crippen LogP contribution in [-0.4, -0.2) is 48.6 Å². The molecule has 0 fully saturated rings. The molecule has 0 bridgehead atoms. The van der Waals surface area contributed by atoms with Gasteiger partial charge in [0, 0.05) is 47.4 Å². The summed E-state index contributed by atoms with van der Waals surface area (Å²) < 4.78 is 0. The van der Waals surface area contributed by atoms with Crippen LogP contribution in [0, 0.1) is 0 Å². The Bertz CT molecular complexity index is 1160. The van der Waals surface area contributed by atoms with Gasteiger partial charge in [-0.05, 0) is 24.3 Å². The number of aromatic nitrogens is 2. The average molecular weight is 394 g/mol. The van der Waals surface area contributed by atoms with Crippen LogP contribution in [0.15, 0.2) is 70.6 Å². The molecule has 0 radical (unpaired) electrons. The lowest BCUT2D eigenvalue weighted by atomic mass is 10.1. The van der Waals surface area contributed by atoms with Crippen molar-refractivity contribution in [3.8, 4) is 0 Å². The lowest BCUT2D eigenvalue weighted by Gasteiger charge is -2.11. The molecule has 1 aliphatic rings. The molecule has 2 aromatic carbocycles. The zero-order valence-electron chi connectivity index (χ0n) is 16.5. The third kappa shape index (κ3) is 3.85. The number of hydrogen-bond acceptors (Lipinski definition) is 6. The second-order valence-electron chi connectivity index (χ2n) is 7.16. The molecule has 4 aromatic rings. The first-order chi connectivity index (χ1) is 14.9. The van der Waals surface area contributed by atoms with Crippen molar-refractivity contribution in [2.75, 3.05) is 36.8 Å². The van der Waals surface area contributed by atoms with Crippen molar-refractivity contribution in [3.63, 3.8) is 0 Å². The Morgan fingerprint density at radius 3 is 1.57 bits per heavy atom. The number of nitrogens with one attached hydrogen (secondary N) is 2. The maximum atomic E-state index is 4.78. The highest BCUT2D eigenvalue weighted by atomic mass is 15.0. The summed E-state index contributed by atoms with van der Waals surface area (Å²) in [5.41, 5.74) is 3.91. The molecule has 0 aliphatic carbocycles. The van der Waals surface area contributed by atoms with Gasteiger partial charge >= 0.3 is 0 Å². The second-order valence-corrected chi connectivity index (χ2v) is 7.16. The van der Waals surface area contributed by atoms with E-state index in [0.717, 1.165) is 44.6 Å². The van der Waals surface area contributed by atoms with Crippen molar-refractivity contribution < 1.29 is 0 Å². The first-order valence-corrected chi connectivity index (χ1v) is 10.1. The monoisotopic (exact) mass is 394 g/mol. The maximum Gasteiger partial charge on any atom is 0.135 e. The van der Waals surface area contributed by atoms with Crippen LogP contribution in [0.5, 0.6) is 0 Å². The lowest BCUT2D eigenvalue weighted by Crippen LogP contribution is -2.12. The normalized spacial score (nSPS) is 14.4. The minimum atomic E-state index is 0.636. The molecule has 148 valence electrons. The van der Waals surface area contributed by atoms with E-state index >= 15 is 0 Å². The third-order valence-electron chi connectivity index (χ3n) is 5.03. The molecule has 5 rings (SSSR count). The summed E-state index contributed by atoms with van der Waals surface area (Å²) in [4.78, 5) is 18.8. The van der Waals surface area contributed by atoms with Crippen LogP contribution in [0.25, 0.3) is 21.8 Å². The first-order valence-electron chi connectivity index (χ1n) is 10.1. The van der Waals surface area contributed by atoms with Crippen molar-refractivity contribution in [1.82, 2.24) is 9.97 Å². The highest BCUT2D eigenvalue weighted by Crippen LogP contribution is 2.21. The van der Waals surface area contributed by atoms with Crippen LogP contribution in [0.2, 0.25) is 0 Å². The molecule has 0 amide bonds. The highest BCUT2D eigenvalue weighted by molar-refractivity contribution is 5.94. The molecule has 0 atom stereocenters. The molecule has 0 saturated heterocycles. The fourth-order valence-electron chi connectivity index (χ4n) is 3.55. The third-order valence-corrected chi connectivity index (χ3v) is 5.03. The number of aliphatic imine (C=N–C) groups is 2. The Labute approximate surface area is 174 Å². The fourth-order valence-corrected chi connectivity index (χ4v) is 3.55. The summed E-state index contributed by atoms with van der Waals surface area (Å²) in [5.74, 6) is 1.68. The molecule has 2 N–H and O–H groups in total. The first kappa shape index (κ1) is 18.2. The zero-order chi connectivity index (χ0) is 20.2. The van der Waals surface area contributed by atoms with Gasteiger partial charge in [0.05, 0.1) is 24.1 Å². The SMILES string of the molecule is C1=NCCNc2nc3ccccc3cc2C=NCCNc2nc3ccccc3cc21. The molecule has 0 spiro atoms. The number of fused-ring (bicyclic) bond motifs is 4. The van der Waals surface area contributed by atoms with Gasteiger partial charge in [-0.25, -0.2) is 9.97 Å². The van der Waals surface area contributed by atoms with E-state index in [1.54, 1.807) is 0 Å². The van der Waals surface area contributed by atoms with Crippen LogP contribution >= 0.6 is 0 Å². The summed E-state index contributed by atoms with van der Waals surface area (Å²) in [6.45, 7) is 2.65. The number of benzene rings is 2. The van der Waals surface area contributed by atoms with E-state index < -0.39 is 0 Å². The molecule has 1 aliphatic heterocycles. The van der Waals surface area contributed by atoms with Gasteiger partial charge in [-0.1, -0.05) is 36.4 Å². The molecule has 0 saturated carbocycles. The van der Waals surface area contributed by atoms with Crippen molar-refractivity contribution in [2.24, 2.45) is 9.98 Å². The molecule has 0 unspecified atom stereocenters. The molecule has 3 heterocycles. The van der Waals surface area contributed by atoms with Gasteiger partial charge in [-0.3, -0.25) is 9.98 Å². The Kier molecular flexibility index (Phi) is 5.04. The number of anilines is 2. The summed E-state index contributed by atoms with van der Waals surface area (Å²) in [5, 5.41) is 9.04. The van der Waals surface area contributed by atoms with Crippen LogP contribution in [0.4, 0.5) is 11.6 Å². The lowest BCUT2D eigenvalue weighted by molar-refractivity contribution is 1.01. The van der Waals surface area contributed by atoms with Crippen LogP contribution < -0.4 is 10.6 Å². The van der Waals surface area contributed by atoms with Crippen LogP contribution in [0.3, 0.4) is 0 Å². The number of nitrogens with zero attached hydrogens (tertiary/aromatic N) is 4. The van der Waals surface area contributed by atoms with E-state index in [1.165, 1.54) is 0 Å². The van der Waals surface area contributed by atoms with E-state index in [9.17, 15) is 0 Å². The van der Waals surface area contributed by atoms with E-state index in [4.69, 9.17) is 9.97 Å². The van der Waals surface area contributed by atoms with E-state index in [1.807, 2.05) is 48.8 Å². The van der Waals surface area contributed by atoms with Gasteiger partial charge in [-0.2, -0.15) is 0 Å². The molecule has 6 heteroatoms. The molecule has 30 heavy (non-hydrogen) atoms. The zero-order valence-corrected chi connectivity index (χ0v) is 16.5. The minimum Gasteiger partial charge on any atom is -0.368 e. The van der Waals surface area contributed by atoms with E-state index in [-0.39, 0.29) is 0 Å². The summed E-state index contributed by atoms with van der Waals surface area (Å²) in [6.07, 6.45) is 3.79. The maximum absolute atomic E-state index is 4.78. The molecule has 6 nitrogen and oxygen atoms in total. The van der Waals surface area contributed by atoms with Gasteiger partial charge in [0.15, 0.2) is 0 Å². The topological polar surface area (TPSA) is 74.6 Å². The minimum absolute atomic E-state index is 0.636. The van der Waals surface area contributed by atoms with Crippen LogP contribution in [-0.2, 0) is 0 Å². The van der Waals surface area contributed by atoms with Crippen molar-refractivity contribution in [2.45, 2.75) is 0 Å². The number of rotatable bonds is 0. The van der Waals surface area contributed by atoms with Gasteiger partial charge in [0.2, 0.25) is 0 Å². The quantitative estimate of drug-likeness (QED) is 0.470. The predicted octanol–water partition coefficient (Wildman–Crippen LogP) is 4.16. The highest BCUT2D eigenvalue weighted by Gasteiger charge is 2.07. The van der Waals surface area contributed by atoms with Crippen molar-refractivity contribution >= 4 is 45.9 Å². The van der Waals surface area contributed by atoms with Gasteiger partial charge < -0.3 is 10.6 Å². The fraction of sp³-hybridized carbons (Fsp3) is 0.167. The Morgan fingerprint density at radius 1 is 0.600 bits per heavy atom. The summed E-state index contributed by atoms with van der Waals surface area (Å²) >= 11 is 0. The summed E-state index contributed by atoms with van der Waals surface area (Å²) in [7, 11) is 0. The standard InChI is InChI=1S/C24H22N6/c1-3-7-21-17(5-1)13-19-15-25-9-12-28-24-20(16-26-10-11-27-23(19)29-21)14-18-6-2-4-8-22(18)30-24/h1-8,13-16H,9-12H2,(H,27,29)(H,28,30). The van der Waals surface area contributed by atoms with E-state index in [2.05, 4.69) is 44.9 Å². The van der Waals surface area contributed by atoms with Gasteiger partial charge in [-0.15, -0.1) is 0 Å². The van der Waals surface area contributed by atoms with E-state index in [0.29, 0.717) is 26.2 Å². The summed E-state index contributed by atoms with van der Waals surface area (Å²) in [6, 6.07) is 20.5. The second kappa shape index (κ2) is 8.29. The number of hydrogen-bond donors (Lipinski definition) is 2. The van der Waals surface area contributed by atoms with Crippen LogP contribution in [0.1, 0.15) is 11.1 Å².